The summed E-state index contributed by atoms with van der Waals surface area (Å²) >= 11 is 0. The zero-order valence-electron chi connectivity index (χ0n) is 25.4. The lowest BCUT2D eigenvalue weighted by Crippen LogP contribution is -2.10. The number of furan rings is 2. The zero-order valence-corrected chi connectivity index (χ0v) is 25.4. The molecule has 0 atom stereocenters. The van der Waals surface area contributed by atoms with Crippen LogP contribution in [0, 0.1) is 0 Å². The molecule has 0 saturated carbocycles. The highest BCUT2D eigenvalue weighted by molar-refractivity contribution is 6.20. The van der Waals surface area contributed by atoms with Crippen LogP contribution in [0.1, 0.15) is 0 Å². The third-order valence-electron chi connectivity index (χ3n) is 9.45. The molecular weight excluding hydrogens is 574 g/mol. The largest absolute Gasteiger partial charge is 0.456 e. The molecule has 0 amide bonds. The topological polar surface area (TPSA) is 29.5 Å². The minimum Gasteiger partial charge on any atom is -0.456 e. The number of fused-ring (bicyclic) bond motifs is 9. The van der Waals surface area contributed by atoms with Gasteiger partial charge in [-0.2, -0.15) is 0 Å². The Labute approximate surface area is 270 Å². The van der Waals surface area contributed by atoms with Crippen LogP contribution in [-0.4, -0.2) is 0 Å². The van der Waals surface area contributed by atoms with E-state index in [2.05, 4.69) is 157 Å². The summed E-state index contributed by atoms with van der Waals surface area (Å²) in [5, 5.41) is 9.15. The summed E-state index contributed by atoms with van der Waals surface area (Å²) in [5.41, 5.74) is 9.10. The smallest absolute Gasteiger partial charge is 0.143 e. The Hall–Kier alpha value is -6.32. The van der Waals surface area contributed by atoms with Crippen molar-refractivity contribution in [3.8, 4) is 11.1 Å². The van der Waals surface area contributed by atoms with Gasteiger partial charge in [0.1, 0.15) is 22.3 Å². The normalized spacial score (nSPS) is 11.8. The molecule has 2 aromatic heterocycles. The fourth-order valence-electron chi connectivity index (χ4n) is 7.27. The van der Waals surface area contributed by atoms with E-state index in [0.29, 0.717) is 0 Å². The predicted octanol–water partition coefficient (Wildman–Crippen LogP) is 12.9. The molecule has 0 aliphatic heterocycles. The molecule has 0 aliphatic rings. The van der Waals surface area contributed by atoms with Gasteiger partial charge >= 0.3 is 0 Å². The minimum absolute atomic E-state index is 0.862. The van der Waals surface area contributed by atoms with E-state index in [1.165, 1.54) is 27.3 Å². The van der Waals surface area contributed by atoms with Crippen LogP contribution in [0.2, 0.25) is 0 Å². The number of anilines is 3. The van der Waals surface area contributed by atoms with Crippen molar-refractivity contribution < 1.29 is 8.83 Å². The predicted molar refractivity (Wildman–Crippen MR) is 196 cm³/mol. The van der Waals surface area contributed by atoms with Crippen molar-refractivity contribution in [3.05, 3.63) is 164 Å². The van der Waals surface area contributed by atoms with E-state index in [1.807, 2.05) is 12.1 Å². The van der Waals surface area contributed by atoms with E-state index in [4.69, 9.17) is 8.83 Å². The lowest BCUT2D eigenvalue weighted by molar-refractivity contribution is 0.669. The first-order valence-corrected chi connectivity index (χ1v) is 15.9. The van der Waals surface area contributed by atoms with Gasteiger partial charge in [-0.1, -0.05) is 109 Å². The summed E-state index contributed by atoms with van der Waals surface area (Å²) in [6, 6.07) is 57.9. The fraction of sp³-hybridized carbons (Fsp3) is 0. The molecule has 10 aromatic rings. The first-order chi connectivity index (χ1) is 23.3. The first kappa shape index (κ1) is 26.0. The summed E-state index contributed by atoms with van der Waals surface area (Å²) in [4.78, 5) is 2.35. The first-order valence-electron chi connectivity index (χ1n) is 15.9. The van der Waals surface area contributed by atoms with Gasteiger partial charge in [-0.15, -0.1) is 0 Å². The lowest BCUT2D eigenvalue weighted by Gasteiger charge is -2.26. The van der Waals surface area contributed by atoms with Gasteiger partial charge in [-0.05, 0) is 81.9 Å². The molecule has 8 aromatic carbocycles. The van der Waals surface area contributed by atoms with E-state index >= 15 is 0 Å². The Balaban J connectivity index is 1.22. The van der Waals surface area contributed by atoms with Gasteiger partial charge in [0.25, 0.3) is 0 Å². The third kappa shape index (κ3) is 4.00. The van der Waals surface area contributed by atoms with Crippen molar-refractivity contribution in [2.45, 2.75) is 0 Å². The van der Waals surface area contributed by atoms with Gasteiger partial charge in [0.15, 0.2) is 0 Å². The lowest BCUT2D eigenvalue weighted by atomic mass is 9.98. The molecular formula is C44H27NO2. The second-order valence-corrected chi connectivity index (χ2v) is 12.1. The maximum absolute atomic E-state index is 6.62. The van der Waals surface area contributed by atoms with Crippen LogP contribution in [0.15, 0.2) is 173 Å². The molecule has 47 heavy (non-hydrogen) atoms. The van der Waals surface area contributed by atoms with Gasteiger partial charge in [0.05, 0.1) is 11.1 Å². The summed E-state index contributed by atoms with van der Waals surface area (Å²) < 4.78 is 12.8. The molecule has 220 valence electrons. The summed E-state index contributed by atoms with van der Waals surface area (Å²) in [6.45, 7) is 0. The Morgan fingerprint density at radius 2 is 1.04 bits per heavy atom. The van der Waals surface area contributed by atoms with Gasteiger partial charge in [-0.25, -0.2) is 0 Å². The molecule has 0 fully saturated rings. The van der Waals surface area contributed by atoms with Crippen molar-refractivity contribution in [2.75, 3.05) is 4.90 Å². The summed E-state index contributed by atoms with van der Waals surface area (Å²) in [5.74, 6) is 0. The summed E-state index contributed by atoms with van der Waals surface area (Å²) in [7, 11) is 0. The molecule has 3 nitrogen and oxygen atoms in total. The van der Waals surface area contributed by atoms with Crippen molar-refractivity contribution in [1.29, 1.82) is 0 Å². The molecule has 3 heteroatoms. The Bertz CT molecular complexity index is 2800. The van der Waals surface area contributed by atoms with Gasteiger partial charge in [-0.3, -0.25) is 0 Å². The van der Waals surface area contributed by atoms with E-state index in [9.17, 15) is 0 Å². The molecule has 0 unspecified atom stereocenters. The Morgan fingerprint density at radius 1 is 0.383 bits per heavy atom. The molecule has 0 bridgehead atoms. The molecule has 0 radical (unpaired) electrons. The second kappa shape index (κ2) is 10.1. The van der Waals surface area contributed by atoms with Crippen molar-refractivity contribution >= 4 is 82.5 Å². The highest BCUT2D eigenvalue weighted by atomic mass is 16.3. The second-order valence-electron chi connectivity index (χ2n) is 12.1. The quantitative estimate of drug-likeness (QED) is 0.201. The Morgan fingerprint density at radius 3 is 1.91 bits per heavy atom. The monoisotopic (exact) mass is 601 g/mol. The molecule has 2 heterocycles. The molecule has 0 spiro atoms. The summed E-state index contributed by atoms with van der Waals surface area (Å²) in [6.07, 6.45) is 0. The number of nitrogens with zero attached hydrogens (tertiary/aromatic N) is 1. The van der Waals surface area contributed by atoms with Crippen LogP contribution in [0.5, 0.6) is 0 Å². The van der Waals surface area contributed by atoms with Crippen molar-refractivity contribution in [2.24, 2.45) is 0 Å². The third-order valence-corrected chi connectivity index (χ3v) is 9.45. The van der Waals surface area contributed by atoms with E-state index < -0.39 is 0 Å². The number of rotatable bonds is 4. The van der Waals surface area contributed by atoms with Crippen LogP contribution >= 0.6 is 0 Å². The fourth-order valence-corrected chi connectivity index (χ4v) is 7.27. The molecule has 0 aliphatic carbocycles. The average molecular weight is 602 g/mol. The average Bonchev–Trinajstić information content (AvgIpc) is 3.71. The Kier molecular flexibility index (Phi) is 5.57. The van der Waals surface area contributed by atoms with E-state index in [-0.39, 0.29) is 0 Å². The number of hydrogen-bond donors (Lipinski definition) is 0. The van der Waals surface area contributed by atoms with Crippen LogP contribution < -0.4 is 4.90 Å². The van der Waals surface area contributed by atoms with Crippen LogP contribution in [-0.2, 0) is 0 Å². The van der Waals surface area contributed by atoms with Crippen LogP contribution in [0.4, 0.5) is 17.1 Å². The molecule has 0 N–H and O–H groups in total. The highest BCUT2D eigenvalue weighted by Gasteiger charge is 2.21. The van der Waals surface area contributed by atoms with Gasteiger partial charge in [0, 0.05) is 32.9 Å². The van der Waals surface area contributed by atoms with E-state index in [0.717, 1.165) is 66.3 Å². The van der Waals surface area contributed by atoms with Crippen molar-refractivity contribution in [3.63, 3.8) is 0 Å². The highest BCUT2D eigenvalue weighted by Crippen LogP contribution is 2.45. The number of benzene rings is 8. The molecule has 10 rings (SSSR count). The van der Waals surface area contributed by atoms with Gasteiger partial charge < -0.3 is 13.7 Å². The van der Waals surface area contributed by atoms with Crippen molar-refractivity contribution in [1.82, 2.24) is 0 Å². The minimum atomic E-state index is 0.862. The zero-order chi connectivity index (χ0) is 30.9. The SMILES string of the molecule is c1ccc2c(-c3ccc(N(c4ccc5oc6ccccc6c5c4)c4cccc5oc6c7ccccc7ccc6c45)cc3)cccc2c1. The van der Waals surface area contributed by atoms with Crippen LogP contribution in [0.25, 0.3) is 76.5 Å². The maximum atomic E-state index is 6.62. The number of para-hydroxylation sites is 1. The van der Waals surface area contributed by atoms with E-state index in [1.54, 1.807) is 0 Å². The maximum Gasteiger partial charge on any atom is 0.143 e. The molecule has 0 saturated heterocycles. The van der Waals surface area contributed by atoms with Gasteiger partial charge in [0.2, 0.25) is 0 Å². The number of hydrogen-bond acceptors (Lipinski definition) is 3. The van der Waals surface area contributed by atoms with Crippen LogP contribution in [0.3, 0.4) is 0 Å². The standard InChI is InChI=1S/C44H27NO2/c1-3-12-33-28(9-1)11-7-15-34(33)30-19-22-31(23-20-30)45(32-24-26-41-38(27-32)36-14-5-6-17-40(36)46-41)39-16-8-18-42-43(39)37-25-21-29-10-2-4-13-35(29)44(37)47-42/h1-27H.